The lowest BCUT2D eigenvalue weighted by atomic mass is 10.0. The summed E-state index contributed by atoms with van der Waals surface area (Å²) in [6.07, 6.45) is 3.20. The number of carbonyl (C=O) groups excluding carboxylic acids is 1. The first-order chi connectivity index (χ1) is 7.75. The van der Waals surface area contributed by atoms with Crippen molar-refractivity contribution in [2.45, 2.75) is 40.3 Å². The smallest absolute Gasteiger partial charge is 0.241 e. The van der Waals surface area contributed by atoms with Crippen molar-refractivity contribution >= 4 is 11.6 Å². The summed E-state index contributed by atoms with van der Waals surface area (Å²) in [4.78, 5) is 11.8. The molecule has 0 spiro atoms. The molecule has 94 valence electrons. The number of hydrogen-bond donors (Lipinski definition) is 2. The van der Waals surface area contributed by atoms with E-state index in [1.54, 1.807) is 10.9 Å². The number of nitrogen functional groups attached to an aromatic ring is 1. The molecule has 5 heteroatoms. The molecule has 0 aliphatic heterocycles. The van der Waals surface area contributed by atoms with Crippen LogP contribution >= 0.6 is 0 Å². The average Bonchev–Trinajstić information content (AvgIpc) is 2.52. The van der Waals surface area contributed by atoms with Crippen molar-refractivity contribution < 1.29 is 4.79 Å². The molecule has 1 aromatic rings. The number of carbonyl (C=O) groups is 1. The van der Waals surface area contributed by atoms with Gasteiger partial charge in [-0.05, 0) is 10.8 Å². The maximum atomic E-state index is 11.8. The number of rotatable bonds is 3. The molecule has 1 aromatic heterocycles. The predicted molar refractivity (Wildman–Crippen MR) is 66.1 cm³/mol. The first-order valence-corrected chi connectivity index (χ1v) is 5.82. The summed E-state index contributed by atoms with van der Waals surface area (Å²) in [6, 6.07) is 0.232. The molecule has 5 nitrogen and oxygen atoms in total. The lowest BCUT2D eigenvalue weighted by Gasteiger charge is -2.06. The van der Waals surface area contributed by atoms with Crippen LogP contribution in [0.5, 0.6) is 0 Å². The van der Waals surface area contributed by atoms with Crippen molar-refractivity contribution in [2.75, 3.05) is 5.73 Å². The first-order valence-electron chi connectivity index (χ1n) is 5.82. The molecule has 1 heterocycles. The normalized spacial score (nSPS) is 21.2. The lowest BCUT2D eigenvalue weighted by molar-refractivity contribution is -0.122. The van der Waals surface area contributed by atoms with Gasteiger partial charge in [0.25, 0.3) is 0 Å². The fourth-order valence-corrected chi connectivity index (χ4v) is 2.38. The molecule has 2 rings (SSSR count). The number of nitrogens with zero attached hydrogens (tertiary/aromatic N) is 2. The Bertz CT molecular complexity index is 433. The molecule has 17 heavy (non-hydrogen) atoms. The van der Waals surface area contributed by atoms with Gasteiger partial charge in [0.05, 0.1) is 11.9 Å². The van der Waals surface area contributed by atoms with Crippen LogP contribution in [0.2, 0.25) is 0 Å². The second kappa shape index (κ2) is 3.48. The third-order valence-electron chi connectivity index (χ3n) is 4.28. The Morgan fingerprint density at radius 2 is 2.06 bits per heavy atom. The van der Waals surface area contributed by atoms with E-state index in [0.717, 1.165) is 0 Å². The van der Waals surface area contributed by atoms with Gasteiger partial charge in [0.1, 0.15) is 6.54 Å². The number of amides is 1. The number of nitrogens with one attached hydrogen (secondary N) is 1. The fraction of sp³-hybridized carbons (Fsp3) is 0.667. The standard InChI is InChI=1S/C12H20N4O/c1-11(2)10(12(11,3)4)15-9(17)7-16-6-8(13)5-14-16/h5-6,10H,7,13H2,1-4H3,(H,15,17). The van der Waals surface area contributed by atoms with Gasteiger partial charge in [0, 0.05) is 12.2 Å². The second-order valence-corrected chi connectivity index (χ2v) is 5.92. The molecule has 1 aliphatic carbocycles. The van der Waals surface area contributed by atoms with Crippen molar-refractivity contribution in [2.24, 2.45) is 10.8 Å². The highest BCUT2D eigenvalue weighted by Crippen LogP contribution is 2.62. The van der Waals surface area contributed by atoms with Crippen LogP contribution in [-0.2, 0) is 11.3 Å². The van der Waals surface area contributed by atoms with Gasteiger partial charge in [-0.2, -0.15) is 5.10 Å². The third kappa shape index (κ3) is 1.90. The molecule has 0 atom stereocenters. The lowest BCUT2D eigenvalue weighted by Crippen LogP contribution is -2.32. The van der Waals surface area contributed by atoms with E-state index in [0.29, 0.717) is 5.69 Å². The van der Waals surface area contributed by atoms with Gasteiger partial charge in [-0.15, -0.1) is 0 Å². The summed E-state index contributed by atoms with van der Waals surface area (Å²) < 4.78 is 1.55. The van der Waals surface area contributed by atoms with Crippen LogP contribution in [-0.4, -0.2) is 21.7 Å². The molecule has 1 fully saturated rings. The molecular formula is C12H20N4O. The topological polar surface area (TPSA) is 72.9 Å². The zero-order valence-corrected chi connectivity index (χ0v) is 10.8. The van der Waals surface area contributed by atoms with E-state index in [9.17, 15) is 4.79 Å². The van der Waals surface area contributed by atoms with Gasteiger partial charge in [-0.1, -0.05) is 27.7 Å². The van der Waals surface area contributed by atoms with Gasteiger partial charge in [-0.3, -0.25) is 9.48 Å². The van der Waals surface area contributed by atoms with Crippen LogP contribution in [0.1, 0.15) is 27.7 Å². The van der Waals surface area contributed by atoms with E-state index in [1.807, 2.05) is 0 Å². The summed E-state index contributed by atoms with van der Waals surface area (Å²) in [5.74, 6) is -0.0169. The Labute approximate surface area is 101 Å². The van der Waals surface area contributed by atoms with Crippen LogP contribution in [0, 0.1) is 10.8 Å². The van der Waals surface area contributed by atoms with Crippen molar-refractivity contribution in [3.63, 3.8) is 0 Å². The van der Waals surface area contributed by atoms with Crippen molar-refractivity contribution in [3.05, 3.63) is 12.4 Å². The van der Waals surface area contributed by atoms with Gasteiger partial charge in [0.15, 0.2) is 0 Å². The van der Waals surface area contributed by atoms with Gasteiger partial charge >= 0.3 is 0 Å². The summed E-state index contributed by atoms with van der Waals surface area (Å²) >= 11 is 0. The van der Waals surface area contributed by atoms with Crippen molar-refractivity contribution in [1.82, 2.24) is 15.1 Å². The largest absolute Gasteiger partial charge is 0.396 e. The van der Waals surface area contributed by atoms with Crippen LogP contribution in [0.15, 0.2) is 12.4 Å². The van der Waals surface area contributed by atoms with E-state index >= 15 is 0 Å². The zero-order chi connectivity index (χ0) is 12.8. The molecule has 0 unspecified atom stereocenters. The number of aromatic nitrogens is 2. The Hall–Kier alpha value is -1.52. The molecule has 3 N–H and O–H groups in total. The summed E-state index contributed by atoms with van der Waals surface area (Å²) in [5, 5.41) is 7.04. The van der Waals surface area contributed by atoms with Crippen LogP contribution in [0.25, 0.3) is 0 Å². The summed E-state index contributed by atoms with van der Waals surface area (Å²) in [6.45, 7) is 8.90. The van der Waals surface area contributed by atoms with E-state index < -0.39 is 0 Å². The highest BCUT2D eigenvalue weighted by molar-refractivity contribution is 5.77. The summed E-state index contributed by atoms with van der Waals surface area (Å²) in [5.41, 5.74) is 6.43. The minimum atomic E-state index is -0.0169. The Balaban J connectivity index is 1.92. The van der Waals surface area contributed by atoms with Crippen LogP contribution in [0.3, 0.4) is 0 Å². The number of anilines is 1. The van der Waals surface area contributed by atoms with Gasteiger partial charge < -0.3 is 11.1 Å². The molecule has 0 bridgehead atoms. The highest BCUT2D eigenvalue weighted by atomic mass is 16.2. The van der Waals surface area contributed by atoms with E-state index in [-0.39, 0.29) is 29.3 Å². The quantitative estimate of drug-likeness (QED) is 0.822. The Morgan fingerprint density at radius 3 is 2.47 bits per heavy atom. The van der Waals surface area contributed by atoms with E-state index in [4.69, 9.17) is 5.73 Å². The highest BCUT2D eigenvalue weighted by Gasteiger charge is 2.65. The van der Waals surface area contributed by atoms with Crippen LogP contribution in [0.4, 0.5) is 5.69 Å². The molecule has 1 aliphatic rings. The van der Waals surface area contributed by atoms with Gasteiger partial charge in [-0.25, -0.2) is 0 Å². The number of nitrogens with two attached hydrogens (primary N) is 1. The second-order valence-electron chi connectivity index (χ2n) is 5.92. The SMILES string of the molecule is CC1(C)C(NC(=O)Cn2cc(N)cn2)C1(C)C. The average molecular weight is 236 g/mol. The Morgan fingerprint density at radius 1 is 1.47 bits per heavy atom. The summed E-state index contributed by atoms with van der Waals surface area (Å²) in [7, 11) is 0. The van der Waals surface area contributed by atoms with Gasteiger partial charge in [0.2, 0.25) is 5.91 Å². The molecule has 0 radical (unpaired) electrons. The molecular weight excluding hydrogens is 216 g/mol. The third-order valence-corrected chi connectivity index (χ3v) is 4.28. The maximum Gasteiger partial charge on any atom is 0.241 e. The zero-order valence-electron chi connectivity index (χ0n) is 10.8. The van der Waals surface area contributed by atoms with Crippen LogP contribution < -0.4 is 11.1 Å². The predicted octanol–water partition coefficient (Wildman–Crippen LogP) is 1.02. The minimum absolute atomic E-state index is 0.0169. The van der Waals surface area contributed by atoms with Crippen molar-refractivity contribution in [3.8, 4) is 0 Å². The van der Waals surface area contributed by atoms with E-state index in [1.165, 1.54) is 6.20 Å². The monoisotopic (exact) mass is 236 g/mol. The molecule has 0 aromatic carbocycles. The van der Waals surface area contributed by atoms with Crippen molar-refractivity contribution in [1.29, 1.82) is 0 Å². The molecule has 0 saturated heterocycles. The first kappa shape index (κ1) is 12.0. The maximum absolute atomic E-state index is 11.8. The molecule has 1 amide bonds. The Kier molecular flexibility index (Phi) is 2.45. The number of hydrogen-bond acceptors (Lipinski definition) is 3. The van der Waals surface area contributed by atoms with E-state index in [2.05, 4.69) is 38.1 Å². The minimum Gasteiger partial charge on any atom is -0.396 e. The molecule has 1 saturated carbocycles. The fourth-order valence-electron chi connectivity index (χ4n) is 2.38.